The van der Waals surface area contributed by atoms with Gasteiger partial charge in [0.2, 0.25) is 12.3 Å². The molecule has 0 bridgehead atoms. The van der Waals surface area contributed by atoms with E-state index in [1.165, 1.54) is 43.4 Å². The summed E-state index contributed by atoms with van der Waals surface area (Å²) in [4.78, 5) is 31.6. The molecule has 220 valence electrons. The molecule has 2 saturated heterocycles. The van der Waals surface area contributed by atoms with E-state index in [0.717, 1.165) is 61.7 Å². The molecule has 41 heavy (non-hydrogen) atoms. The highest BCUT2D eigenvalue weighted by Crippen LogP contribution is 2.42. The second kappa shape index (κ2) is 14.3. The quantitative estimate of drug-likeness (QED) is 0.338. The number of likely N-dealkylation sites (tertiary alicyclic amines) is 2. The zero-order valence-electron chi connectivity index (χ0n) is 25.2. The number of allylic oxidation sites excluding steroid dienone is 1. The Hall–Kier alpha value is -3.61. The van der Waals surface area contributed by atoms with Gasteiger partial charge < -0.3 is 20.9 Å². The van der Waals surface area contributed by atoms with Crippen LogP contribution in [-0.4, -0.2) is 60.3 Å². The number of amides is 2. The van der Waals surface area contributed by atoms with Crippen LogP contribution in [0.4, 0.5) is 0 Å². The van der Waals surface area contributed by atoms with E-state index in [2.05, 4.69) is 58.5 Å². The maximum Gasteiger partial charge on any atom is 0.246 e. The summed E-state index contributed by atoms with van der Waals surface area (Å²) in [5.74, 6) is 1.35. The number of carbonyl (C=O) groups is 2. The van der Waals surface area contributed by atoms with Gasteiger partial charge in [-0.25, -0.2) is 0 Å². The van der Waals surface area contributed by atoms with E-state index in [4.69, 9.17) is 5.73 Å². The van der Waals surface area contributed by atoms with Crippen LogP contribution in [0.3, 0.4) is 0 Å². The Morgan fingerprint density at radius 1 is 1.00 bits per heavy atom. The molecule has 0 spiro atoms. The lowest BCUT2D eigenvalue weighted by atomic mass is 9.87. The van der Waals surface area contributed by atoms with Crippen molar-refractivity contribution in [2.75, 3.05) is 33.2 Å². The highest BCUT2D eigenvalue weighted by molar-refractivity contribution is 5.99. The Kier molecular flexibility index (Phi) is 10.6. The summed E-state index contributed by atoms with van der Waals surface area (Å²) in [6.45, 7) is 9.96. The molecule has 3 N–H and O–H groups in total. The number of nitrogens with zero attached hydrogens (tertiary/aromatic N) is 3. The lowest BCUT2D eigenvalue weighted by molar-refractivity contribution is -0.119. The molecule has 3 heterocycles. The molecule has 1 aromatic carbocycles. The molecule has 3 aliphatic rings. The Bertz CT molecular complexity index is 1240. The first-order valence-corrected chi connectivity index (χ1v) is 15.2. The Labute approximate surface area is 245 Å². The highest BCUT2D eigenvalue weighted by Gasteiger charge is 2.30. The van der Waals surface area contributed by atoms with Crippen molar-refractivity contribution in [3.8, 4) is 0 Å². The number of hydrogen-bond acceptors (Lipinski definition) is 5. The van der Waals surface area contributed by atoms with E-state index in [0.29, 0.717) is 23.3 Å². The third-order valence-corrected chi connectivity index (χ3v) is 8.74. The Morgan fingerprint density at radius 2 is 1.71 bits per heavy atom. The number of aryl methyl sites for hydroxylation is 1. The average Bonchev–Trinajstić information content (AvgIpc) is 3.85. The summed E-state index contributed by atoms with van der Waals surface area (Å²) in [6, 6.07) is 14.9. The minimum Gasteiger partial charge on any atom is -0.387 e. The first-order valence-electron chi connectivity index (χ1n) is 15.2. The van der Waals surface area contributed by atoms with Gasteiger partial charge in [-0.15, -0.1) is 0 Å². The summed E-state index contributed by atoms with van der Waals surface area (Å²) in [6.07, 6.45) is 10.4. The van der Waals surface area contributed by atoms with E-state index >= 15 is 0 Å². The number of piperidine rings is 2. The number of aromatic nitrogens is 1. The zero-order valence-corrected chi connectivity index (χ0v) is 25.2. The smallest absolute Gasteiger partial charge is 0.246 e. The van der Waals surface area contributed by atoms with Crippen molar-refractivity contribution in [3.05, 3.63) is 82.3 Å². The molecule has 1 saturated carbocycles. The van der Waals surface area contributed by atoms with Crippen LogP contribution in [0.5, 0.6) is 0 Å². The number of benzene rings is 1. The maximum atomic E-state index is 11.3. The summed E-state index contributed by atoms with van der Waals surface area (Å²) in [7, 11) is 1.80. The number of pyridine rings is 1. The lowest BCUT2D eigenvalue weighted by Gasteiger charge is -2.40. The molecule has 2 aromatic rings. The molecule has 2 amide bonds. The van der Waals surface area contributed by atoms with E-state index in [9.17, 15) is 9.59 Å². The summed E-state index contributed by atoms with van der Waals surface area (Å²) in [5.41, 5.74) is 12.7. The molecule has 1 aliphatic carbocycles. The highest BCUT2D eigenvalue weighted by atomic mass is 16.1. The molecule has 7 nitrogen and oxygen atoms in total. The van der Waals surface area contributed by atoms with Gasteiger partial charge in [-0.2, -0.15) is 0 Å². The van der Waals surface area contributed by atoms with Crippen LogP contribution >= 0.6 is 0 Å². The monoisotopic (exact) mass is 557 g/mol. The van der Waals surface area contributed by atoms with E-state index < -0.39 is 5.91 Å². The summed E-state index contributed by atoms with van der Waals surface area (Å²) < 4.78 is 0. The third-order valence-electron chi connectivity index (χ3n) is 8.74. The number of rotatable bonds is 8. The SMILES string of the molecule is C/C=C(\C1CCCN(C=O)C1)N1CCC(c2ccccc2)CC1.CN/C(=C(/C)C(N)=O)c1ccc(C)nc1C1CC1. The fourth-order valence-electron chi connectivity index (χ4n) is 6.32. The second-order valence-corrected chi connectivity index (χ2v) is 11.6. The normalized spacial score (nSPS) is 20.5. The van der Waals surface area contributed by atoms with Crippen LogP contribution in [0.2, 0.25) is 0 Å². The van der Waals surface area contributed by atoms with Crippen LogP contribution in [0.1, 0.15) is 86.7 Å². The molecule has 3 fully saturated rings. The van der Waals surface area contributed by atoms with Gasteiger partial charge in [-0.3, -0.25) is 14.6 Å². The fourth-order valence-corrected chi connectivity index (χ4v) is 6.32. The van der Waals surface area contributed by atoms with Crippen LogP contribution < -0.4 is 11.1 Å². The number of hydrogen-bond donors (Lipinski definition) is 2. The molecule has 1 unspecified atom stereocenters. The van der Waals surface area contributed by atoms with Crippen molar-refractivity contribution in [1.82, 2.24) is 20.1 Å². The van der Waals surface area contributed by atoms with Crippen molar-refractivity contribution in [2.45, 2.75) is 71.1 Å². The molecule has 0 radical (unpaired) electrons. The number of nitrogens with one attached hydrogen (secondary N) is 1. The van der Waals surface area contributed by atoms with Gasteiger partial charge in [0.1, 0.15) is 0 Å². The molecule has 7 heteroatoms. The summed E-state index contributed by atoms with van der Waals surface area (Å²) >= 11 is 0. The standard InChI is InChI=1S/C20H28N2O.C14H19N3O/c1-2-20(19-9-6-12-21(15-19)16-23)22-13-10-18(11-14-22)17-7-4-3-5-8-17;1-8-4-7-11(13(17-8)10-5-6-10)12(16-3)9(2)14(15)18/h2-5,7-8,16,18-19H,6,9-15H2,1H3;4,7,10,16H,5-6H2,1-3H3,(H2,15,18)/b20-2+;12-9-. The Morgan fingerprint density at radius 3 is 2.29 bits per heavy atom. The molecule has 5 rings (SSSR count). The predicted molar refractivity (Wildman–Crippen MR) is 166 cm³/mol. The minimum atomic E-state index is -0.401. The molecule has 1 atom stereocenters. The van der Waals surface area contributed by atoms with E-state index in [1.807, 2.05) is 24.0 Å². The first kappa shape index (κ1) is 30.4. The van der Waals surface area contributed by atoms with Gasteiger partial charge in [0.25, 0.3) is 0 Å². The van der Waals surface area contributed by atoms with E-state index in [-0.39, 0.29) is 0 Å². The van der Waals surface area contributed by atoms with Gasteiger partial charge in [-0.05, 0) is 82.9 Å². The first-order chi connectivity index (χ1) is 19.9. The third kappa shape index (κ3) is 7.78. The van der Waals surface area contributed by atoms with Gasteiger partial charge in [0.15, 0.2) is 0 Å². The van der Waals surface area contributed by atoms with Crippen LogP contribution in [0.15, 0.2) is 59.8 Å². The minimum absolute atomic E-state index is 0.401. The Balaban J connectivity index is 0.000000195. The number of primary amides is 1. The van der Waals surface area contributed by atoms with Crippen LogP contribution in [-0.2, 0) is 9.59 Å². The van der Waals surface area contributed by atoms with Crippen molar-refractivity contribution >= 4 is 18.0 Å². The predicted octanol–water partition coefficient (Wildman–Crippen LogP) is 5.34. The number of nitrogens with two attached hydrogens (primary N) is 1. The molecular weight excluding hydrogens is 510 g/mol. The maximum absolute atomic E-state index is 11.3. The topological polar surface area (TPSA) is 91.6 Å². The van der Waals surface area contributed by atoms with Gasteiger partial charge in [-0.1, -0.05) is 36.4 Å². The van der Waals surface area contributed by atoms with Gasteiger partial charge >= 0.3 is 0 Å². The largest absolute Gasteiger partial charge is 0.387 e. The average molecular weight is 558 g/mol. The van der Waals surface area contributed by atoms with Gasteiger partial charge in [0, 0.05) is 67.6 Å². The van der Waals surface area contributed by atoms with Crippen molar-refractivity contribution in [2.24, 2.45) is 11.7 Å². The molecular formula is C34H47N5O2. The zero-order chi connectivity index (χ0) is 29.4. The van der Waals surface area contributed by atoms with E-state index in [1.54, 1.807) is 14.0 Å². The fraction of sp³-hybridized carbons (Fsp3) is 0.500. The number of carbonyl (C=O) groups excluding carboxylic acids is 2. The van der Waals surface area contributed by atoms with Crippen molar-refractivity contribution < 1.29 is 9.59 Å². The molecule has 1 aromatic heterocycles. The van der Waals surface area contributed by atoms with Crippen LogP contribution in [0.25, 0.3) is 5.70 Å². The van der Waals surface area contributed by atoms with Crippen molar-refractivity contribution in [1.29, 1.82) is 0 Å². The summed E-state index contributed by atoms with van der Waals surface area (Å²) in [5, 5.41) is 3.08. The van der Waals surface area contributed by atoms with Gasteiger partial charge in [0.05, 0.1) is 11.4 Å². The second-order valence-electron chi connectivity index (χ2n) is 11.6. The lowest BCUT2D eigenvalue weighted by Crippen LogP contribution is -2.41. The molecule has 2 aliphatic heterocycles. The van der Waals surface area contributed by atoms with Crippen LogP contribution in [0, 0.1) is 12.8 Å². The van der Waals surface area contributed by atoms with Crippen molar-refractivity contribution in [3.63, 3.8) is 0 Å².